The standard InChI is InChI=1S/C28H26Cl2N4O4S/c1-38-25-17-22(32-39(36,37)26-6-2-4-19-5-3-11-31-27(19)26)9-10-23(25)28(35)34-14-12-33(13-15-34)18-20-7-8-21(29)16-24(20)30/h2-11,16-17,32H,12-15,18H2,1H3. The van der Waals surface area contributed by atoms with E-state index < -0.39 is 10.0 Å². The summed E-state index contributed by atoms with van der Waals surface area (Å²) in [5, 5.41) is 1.94. The van der Waals surface area contributed by atoms with Crippen molar-refractivity contribution in [2.45, 2.75) is 11.4 Å². The number of para-hydroxylation sites is 1. The van der Waals surface area contributed by atoms with Crippen molar-refractivity contribution in [2.24, 2.45) is 0 Å². The molecule has 1 N–H and O–H groups in total. The van der Waals surface area contributed by atoms with Gasteiger partial charge in [0.15, 0.2) is 0 Å². The second kappa shape index (κ2) is 11.4. The Balaban J connectivity index is 1.28. The molecular formula is C28H26Cl2N4O4S. The summed E-state index contributed by atoms with van der Waals surface area (Å²) in [6.45, 7) is 3.11. The molecule has 8 nitrogen and oxygen atoms in total. The number of hydrogen-bond acceptors (Lipinski definition) is 6. The second-order valence-corrected chi connectivity index (χ2v) is 11.7. The van der Waals surface area contributed by atoms with E-state index in [4.69, 9.17) is 27.9 Å². The Morgan fingerprint density at radius 1 is 1.00 bits per heavy atom. The van der Waals surface area contributed by atoms with Crippen LogP contribution in [0.25, 0.3) is 10.9 Å². The van der Waals surface area contributed by atoms with Crippen molar-refractivity contribution < 1.29 is 17.9 Å². The molecule has 202 valence electrons. The molecular weight excluding hydrogens is 559 g/mol. The summed E-state index contributed by atoms with van der Waals surface area (Å²) in [5.74, 6) is 0.107. The van der Waals surface area contributed by atoms with E-state index >= 15 is 0 Å². The van der Waals surface area contributed by atoms with Crippen LogP contribution >= 0.6 is 23.2 Å². The zero-order valence-corrected chi connectivity index (χ0v) is 23.4. The van der Waals surface area contributed by atoms with Crippen LogP contribution in [-0.4, -0.2) is 62.4 Å². The number of pyridine rings is 1. The molecule has 3 aromatic carbocycles. The first-order valence-corrected chi connectivity index (χ1v) is 14.5. The first kappa shape index (κ1) is 27.2. The number of sulfonamides is 1. The number of nitrogens with one attached hydrogen (secondary N) is 1. The van der Waals surface area contributed by atoms with E-state index in [1.54, 1.807) is 53.6 Å². The SMILES string of the molecule is COc1cc(NS(=O)(=O)c2cccc3cccnc23)ccc1C(=O)N1CCN(Cc2ccc(Cl)cc2Cl)CC1. The summed E-state index contributed by atoms with van der Waals surface area (Å²) in [7, 11) is -2.49. The molecule has 2 heterocycles. The second-order valence-electron chi connectivity index (χ2n) is 9.16. The van der Waals surface area contributed by atoms with Crippen molar-refractivity contribution >= 4 is 55.7 Å². The van der Waals surface area contributed by atoms with Gasteiger partial charge in [-0.2, -0.15) is 0 Å². The summed E-state index contributed by atoms with van der Waals surface area (Å²) in [5.41, 5.74) is 2.01. The van der Waals surface area contributed by atoms with Gasteiger partial charge in [-0.3, -0.25) is 19.4 Å². The Morgan fingerprint density at radius 2 is 1.77 bits per heavy atom. The molecule has 0 radical (unpaired) electrons. The number of nitrogens with zero attached hydrogens (tertiary/aromatic N) is 3. The van der Waals surface area contributed by atoms with Gasteiger partial charge < -0.3 is 9.64 Å². The van der Waals surface area contributed by atoms with E-state index in [0.717, 1.165) is 10.9 Å². The zero-order valence-electron chi connectivity index (χ0n) is 21.1. The molecule has 1 aromatic heterocycles. The Labute approximate surface area is 237 Å². The van der Waals surface area contributed by atoms with Crippen LogP contribution in [0.15, 0.2) is 77.8 Å². The van der Waals surface area contributed by atoms with E-state index in [1.165, 1.54) is 19.2 Å². The lowest BCUT2D eigenvalue weighted by atomic mass is 10.1. The molecule has 1 aliphatic rings. The number of halogens is 2. The van der Waals surface area contributed by atoms with Gasteiger partial charge in [0.1, 0.15) is 10.6 Å². The maximum Gasteiger partial charge on any atom is 0.264 e. The van der Waals surface area contributed by atoms with Gasteiger partial charge in [0.05, 0.1) is 23.9 Å². The third kappa shape index (κ3) is 5.96. The molecule has 0 unspecified atom stereocenters. The highest BCUT2D eigenvalue weighted by Crippen LogP contribution is 2.29. The number of rotatable bonds is 7. The van der Waals surface area contributed by atoms with Crippen LogP contribution in [0.4, 0.5) is 5.69 Å². The van der Waals surface area contributed by atoms with Gasteiger partial charge in [-0.15, -0.1) is 0 Å². The number of anilines is 1. The van der Waals surface area contributed by atoms with Gasteiger partial charge >= 0.3 is 0 Å². The number of methoxy groups -OCH3 is 1. The van der Waals surface area contributed by atoms with Crippen molar-refractivity contribution in [1.82, 2.24) is 14.8 Å². The highest BCUT2D eigenvalue weighted by Gasteiger charge is 2.26. The van der Waals surface area contributed by atoms with Crippen LogP contribution in [-0.2, 0) is 16.6 Å². The quantitative estimate of drug-likeness (QED) is 0.316. The largest absolute Gasteiger partial charge is 0.496 e. The highest BCUT2D eigenvalue weighted by atomic mass is 35.5. The topological polar surface area (TPSA) is 91.8 Å². The summed E-state index contributed by atoms with van der Waals surface area (Å²) < 4.78 is 34.5. The number of hydrogen-bond donors (Lipinski definition) is 1. The number of benzene rings is 3. The number of carbonyl (C=O) groups excluding carboxylic acids is 1. The number of carbonyl (C=O) groups is 1. The number of ether oxygens (including phenoxy) is 1. The monoisotopic (exact) mass is 584 g/mol. The van der Waals surface area contributed by atoms with E-state index in [-0.39, 0.29) is 22.2 Å². The predicted molar refractivity (Wildman–Crippen MR) is 153 cm³/mol. The number of piperazine rings is 1. The Morgan fingerprint density at radius 3 is 2.51 bits per heavy atom. The third-order valence-electron chi connectivity index (χ3n) is 6.64. The fourth-order valence-electron chi connectivity index (χ4n) is 4.60. The third-order valence-corrected chi connectivity index (χ3v) is 8.64. The number of aromatic nitrogens is 1. The highest BCUT2D eigenvalue weighted by molar-refractivity contribution is 7.93. The Kier molecular flexibility index (Phi) is 7.95. The van der Waals surface area contributed by atoms with Gasteiger partial charge in [0, 0.05) is 60.4 Å². The first-order chi connectivity index (χ1) is 18.7. The summed E-state index contributed by atoms with van der Waals surface area (Å²) >= 11 is 12.3. The maximum absolute atomic E-state index is 13.3. The summed E-state index contributed by atoms with van der Waals surface area (Å²) in [4.78, 5) is 21.7. The smallest absolute Gasteiger partial charge is 0.264 e. The predicted octanol–water partition coefficient (Wildman–Crippen LogP) is 5.31. The van der Waals surface area contributed by atoms with Gasteiger partial charge in [-0.05, 0) is 42.0 Å². The maximum atomic E-state index is 13.3. The summed E-state index contributed by atoms with van der Waals surface area (Å²) in [6, 6.07) is 18.7. The van der Waals surface area contributed by atoms with Crippen LogP contribution < -0.4 is 9.46 Å². The Bertz CT molecular complexity index is 1630. The van der Waals surface area contributed by atoms with Crippen LogP contribution in [0, 0.1) is 0 Å². The fraction of sp³-hybridized carbons (Fsp3) is 0.214. The molecule has 1 fully saturated rings. The summed E-state index contributed by atoms with van der Waals surface area (Å²) in [6.07, 6.45) is 1.55. The van der Waals surface area contributed by atoms with Crippen LogP contribution in [0.2, 0.25) is 10.0 Å². The van der Waals surface area contributed by atoms with Crippen LogP contribution in [0.3, 0.4) is 0 Å². The van der Waals surface area contributed by atoms with Crippen molar-refractivity contribution in [1.29, 1.82) is 0 Å². The molecule has 1 aliphatic heterocycles. The lowest BCUT2D eigenvalue weighted by Crippen LogP contribution is -2.48. The van der Waals surface area contributed by atoms with E-state index in [0.29, 0.717) is 53.8 Å². The molecule has 0 saturated carbocycles. The number of amides is 1. The zero-order chi connectivity index (χ0) is 27.6. The number of fused-ring (bicyclic) bond motifs is 1. The van der Waals surface area contributed by atoms with Crippen molar-refractivity contribution in [3.8, 4) is 5.75 Å². The molecule has 0 bridgehead atoms. The molecule has 11 heteroatoms. The van der Waals surface area contributed by atoms with Crippen molar-refractivity contribution in [3.63, 3.8) is 0 Å². The average molecular weight is 586 g/mol. The van der Waals surface area contributed by atoms with Crippen molar-refractivity contribution in [3.05, 3.63) is 94.1 Å². The van der Waals surface area contributed by atoms with E-state index in [2.05, 4.69) is 14.6 Å². The van der Waals surface area contributed by atoms with E-state index in [9.17, 15) is 13.2 Å². The van der Waals surface area contributed by atoms with Gasteiger partial charge in [0.25, 0.3) is 15.9 Å². The van der Waals surface area contributed by atoms with Gasteiger partial charge in [0.2, 0.25) is 0 Å². The van der Waals surface area contributed by atoms with E-state index in [1.807, 2.05) is 12.1 Å². The minimum absolute atomic E-state index is 0.0671. The molecule has 1 saturated heterocycles. The van der Waals surface area contributed by atoms with Gasteiger partial charge in [-0.1, -0.05) is 47.5 Å². The Hall–Kier alpha value is -3.37. The van der Waals surface area contributed by atoms with Crippen LogP contribution in [0.1, 0.15) is 15.9 Å². The fourth-order valence-corrected chi connectivity index (χ4v) is 6.30. The minimum atomic E-state index is -3.94. The van der Waals surface area contributed by atoms with Gasteiger partial charge in [-0.25, -0.2) is 8.42 Å². The molecule has 0 atom stereocenters. The molecule has 0 aliphatic carbocycles. The van der Waals surface area contributed by atoms with Crippen molar-refractivity contribution in [2.75, 3.05) is 38.0 Å². The average Bonchev–Trinajstić information content (AvgIpc) is 2.94. The molecule has 1 amide bonds. The molecule has 5 rings (SSSR count). The molecule has 0 spiro atoms. The normalized spacial score (nSPS) is 14.4. The first-order valence-electron chi connectivity index (χ1n) is 12.3. The lowest BCUT2D eigenvalue weighted by molar-refractivity contribution is 0.0625. The molecule has 4 aromatic rings. The lowest BCUT2D eigenvalue weighted by Gasteiger charge is -2.35. The minimum Gasteiger partial charge on any atom is -0.496 e. The van der Waals surface area contributed by atoms with Crippen LogP contribution in [0.5, 0.6) is 5.75 Å². The molecule has 39 heavy (non-hydrogen) atoms.